The maximum absolute atomic E-state index is 12.2. The number of hydrogen-bond donors (Lipinski definition) is 0. The van der Waals surface area contributed by atoms with Gasteiger partial charge in [-0.05, 0) is 41.7 Å². The van der Waals surface area contributed by atoms with Crippen LogP contribution in [0.3, 0.4) is 0 Å². The van der Waals surface area contributed by atoms with E-state index in [4.69, 9.17) is 9.15 Å². The first-order valence-electron chi connectivity index (χ1n) is 9.98. The summed E-state index contributed by atoms with van der Waals surface area (Å²) in [5.74, 6) is 0.772. The molecule has 29 heavy (non-hydrogen) atoms. The molecule has 0 aliphatic rings. The fraction of sp³-hybridized carbons (Fsp3) is 0.192. The molecule has 0 fully saturated rings. The maximum Gasteiger partial charge on any atom is 0.336 e. The Labute approximate surface area is 170 Å². The van der Waals surface area contributed by atoms with E-state index in [0.717, 1.165) is 46.2 Å². The summed E-state index contributed by atoms with van der Waals surface area (Å²) in [5.41, 5.74) is 5.53. The fourth-order valence-electron chi connectivity index (χ4n) is 3.65. The molecule has 0 spiro atoms. The quantitative estimate of drug-likeness (QED) is 0.366. The second-order valence-corrected chi connectivity index (χ2v) is 7.33. The Morgan fingerprint density at radius 3 is 2.52 bits per heavy atom. The zero-order chi connectivity index (χ0) is 20.2. The molecule has 3 heteroatoms. The number of hydrogen-bond acceptors (Lipinski definition) is 3. The van der Waals surface area contributed by atoms with Crippen LogP contribution < -0.4 is 10.4 Å². The molecule has 1 heterocycles. The minimum Gasteiger partial charge on any atom is -0.488 e. The smallest absolute Gasteiger partial charge is 0.336 e. The van der Waals surface area contributed by atoms with Crippen molar-refractivity contribution in [3.8, 4) is 16.9 Å². The van der Waals surface area contributed by atoms with Crippen molar-refractivity contribution in [1.82, 2.24) is 0 Å². The Morgan fingerprint density at radius 2 is 1.76 bits per heavy atom. The molecule has 0 aliphatic heterocycles. The Morgan fingerprint density at radius 1 is 0.931 bits per heavy atom. The van der Waals surface area contributed by atoms with Gasteiger partial charge in [-0.25, -0.2) is 4.79 Å². The number of rotatable bonds is 6. The van der Waals surface area contributed by atoms with Crippen molar-refractivity contribution in [2.45, 2.75) is 33.3 Å². The average molecular weight is 384 g/mol. The summed E-state index contributed by atoms with van der Waals surface area (Å²) in [6.07, 6.45) is 1.90. The molecule has 1 aromatic heterocycles. The molecule has 0 saturated carbocycles. The number of benzene rings is 3. The highest BCUT2D eigenvalue weighted by Gasteiger charge is 2.13. The van der Waals surface area contributed by atoms with Crippen molar-refractivity contribution < 1.29 is 9.15 Å². The maximum atomic E-state index is 12.2. The van der Waals surface area contributed by atoms with Gasteiger partial charge in [0.2, 0.25) is 0 Å². The van der Waals surface area contributed by atoms with Gasteiger partial charge in [-0.15, -0.1) is 0 Å². The van der Waals surface area contributed by atoms with Gasteiger partial charge in [-0.2, -0.15) is 0 Å². The Balaban J connectivity index is 1.79. The minimum atomic E-state index is -0.357. The Hall–Kier alpha value is -3.33. The number of aryl methyl sites for hydroxylation is 2. The predicted octanol–water partition coefficient (Wildman–Crippen LogP) is 6.30. The summed E-state index contributed by atoms with van der Waals surface area (Å²) in [5, 5.41) is 0.933. The zero-order valence-electron chi connectivity index (χ0n) is 16.8. The van der Waals surface area contributed by atoms with Crippen LogP contribution in [0.2, 0.25) is 0 Å². The summed E-state index contributed by atoms with van der Waals surface area (Å²) in [6, 6.07) is 23.8. The van der Waals surface area contributed by atoms with Crippen molar-refractivity contribution in [1.29, 1.82) is 0 Å². The molecule has 3 aromatic carbocycles. The molecule has 4 rings (SSSR count). The highest BCUT2D eigenvalue weighted by molar-refractivity contribution is 5.94. The number of fused-ring (bicyclic) bond motifs is 1. The van der Waals surface area contributed by atoms with Gasteiger partial charge in [-0.1, -0.05) is 73.5 Å². The van der Waals surface area contributed by atoms with Crippen LogP contribution >= 0.6 is 0 Å². The van der Waals surface area contributed by atoms with Gasteiger partial charge in [0.15, 0.2) is 0 Å². The largest absolute Gasteiger partial charge is 0.488 e. The van der Waals surface area contributed by atoms with Crippen LogP contribution in [0, 0.1) is 6.92 Å². The zero-order valence-corrected chi connectivity index (χ0v) is 16.8. The first kappa shape index (κ1) is 19.0. The lowest BCUT2D eigenvalue weighted by molar-refractivity contribution is 0.302. The third-order valence-corrected chi connectivity index (χ3v) is 5.01. The molecule has 0 unspecified atom stereocenters. The summed E-state index contributed by atoms with van der Waals surface area (Å²) in [7, 11) is 0. The van der Waals surface area contributed by atoms with Crippen LogP contribution in [0.15, 0.2) is 82.0 Å². The normalized spacial score (nSPS) is 11.0. The lowest BCUT2D eigenvalue weighted by Gasteiger charge is -2.14. The van der Waals surface area contributed by atoms with E-state index >= 15 is 0 Å². The third-order valence-electron chi connectivity index (χ3n) is 5.01. The molecular formula is C26H24O3. The van der Waals surface area contributed by atoms with Crippen molar-refractivity contribution in [3.63, 3.8) is 0 Å². The predicted molar refractivity (Wildman–Crippen MR) is 117 cm³/mol. The summed E-state index contributed by atoms with van der Waals surface area (Å²) >= 11 is 0. The van der Waals surface area contributed by atoms with Crippen LogP contribution in [0.5, 0.6) is 5.75 Å². The van der Waals surface area contributed by atoms with Gasteiger partial charge < -0.3 is 9.15 Å². The van der Waals surface area contributed by atoms with Crippen molar-refractivity contribution >= 4 is 11.0 Å². The van der Waals surface area contributed by atoms with Gasteiger partial charge in [-0.3, -0.25) is 0 Å². The summed E-state index contributed by atoms with van der Waals surface area (Å²) < 4.78 is 11.7. The third kappa shape index (κ3) is 4.24. The standard InChI is InChI=1S/C26H24O3/c1-3-8-21-14-23-22(20-11-5-4-6-12-20)15-26(27)29-25(23)16-24(21)28-17-19-10-7-9-18(2)13-19/h4-7,9-16H,3,8,17H2,1-2H3. The molecule has 3 nitrogen and oxygen atoms in total. The molecule has 0 bridgehead atoms. The summed E-state index contributed by atoms with van der Waals surface area (Å²) in [6.45, 7) is 4.70. The van der Waals surface area contributed by atoms with Crippen LogP contribution in [-0.2, 0) is 13.0 Å². The van der Waals surface area contributed by atoms with Crippen molar-refractivity contribution in [2.75, 3.05) is 0 Å². The van der Waals surface area contributed by atoms with Crippen LogP contribution in [0.1, 0.15) is 30.0 Å². The van der Waals surface area contributed by atoms with E-state index in [2.05, 4.69) is 38.1 Å². The van der Waals surface area contributed by atoms with Gasteiger partial charge in [0.05, 0.1) is 0 Å². The average Bonchev–Trinajstić information content (AvgIpc) is 2.73. The van der Waals surface area contributed by atoms with Crippen LogP contribution in [0.4, 0.5) is 0 Å². The molecule has 146 valence electrons. The fourth-order valence-corrected chi connectivity index (χ4v) is 3.65. The van der Waals surface area contributed by atoms with E-state index in [9.17, 15) is 4.79 Å². The van der Waals surface area contributed by atoms with E-state index < -0.39 is 0 Å². The molecule has 0 N–H and O–H groups in total. The second kappa shape index (κ2) is 8.36. The second-order valence-electron chi connectivity index (χ2n) is 7.33. The molecule has 0 radical (unpaired) electrons. The van der Waals surface area contributed by atoms with Gasteiger partial charge >= 0.3 is 5.63 Å². The van der Waals surface area contributed by atoms with E-state index in [1.54, 1.807) is 6.07 Å². The molecule has 0 amide bonds. The lowest BCUT2D eigenvalue weighted by Crippen LogP contribution is -2.02. The molecular weight excluding hydrogens is 360 g/mol. The molecule has 0 saturated heterocycles. The Kier molecular flexibility index (Phi) is 5.48. The van der Waals surface area contributed by atoms with Gasteiger partial charge in [0.25, 0.3) is 0 Å². The molecule has 0 atom stereocenters. The minimum absolute atomic E-state index is 0.357. The van der Waals surface area contributed by atoms with Crippen molar-refractivity contribution in [2.24, 2.45) is 0 Å². The topological polar surface area (TPSA) is 39.4 Å². The van der Waals surface area contributed by atoms with E-state index in [0.29, 0.717) is 12.2 Å². The van der Waals surface area contributed by atoms with Crippen LogP contribution in [0.25, 0.3) is 22.1 Å². The molecule has 4 aromatic rings. The van der Waals surface area contributed by atoms with E-state index in [1.807, 2.05) is 42.5 Å². The van der Waals surface area contributed by atoms with Crippen molar-refractivity contribution in [3.05, 3.63) is 99.9 Å². The highest BCUT2D eigenvalue weighted by Crippen LogP contribution is 2.33. The first-order valence-corrected chi connectivity index (χ1v) is 9.98. The monoisotopic (exact) mass is 384 g/mol. The van der Waals surface area contributed by atoms with Gasteiger partial charge in [0, 0.05) is 17.5 Å². The first-order chi connectivity index (χ1) is 14.1. The van der Waals surface area contributed by atoms with E-state index in [-0.39, 0.29) is 5.63 Å². The highest BCUT2D eigenvalue weighted by atomic mass is 16.5. The van der Waals surface area contributed by atoms with Crippen LogP contribution in [-0.4, -0.2) is 0 Å². The Bertz CT molecular complexity index is 1190. The number of ether oxygens (including phenoxy) is 1. The SMILES string of the molecule is CCCc1cc2c(-c3ccccc3)cc(=O)oc2cc1OCc1cccc(C)c1. The van der Waals surface area contributed by atoms with E-state index in [1.165, 1.54) is 5.56 Å². The molecule has 0 aliphatic carbocycles. The van der Waals surface area contributed by atoms with Gasteiger partial charge in [0.1, 0.15) is 17.9 Å². The summed E-state index contributed by atoms with van der Waals surface area (Å²) in [4.78, 5) is 12.2. The lowest BCUT2D eigenvalue weighted by atomic mass is 9.98.